The summed E-state index contributed by atoms with van der Waals surface area (Å²) in [5, 5.41) is 13.1. The molecule has 0 aliphatic carbocycles. The first-order valence-electron chi connectivity index (χ1n) is 4.89. The Kier molecular flexibility index (Phi) is 3.09. The van der Waals surface area contributed by atoms with Gasteiger partial charge in [-0.2, -0.15) is 0 Å². The summed E-state index contributed by atoms with van der Waals surface area (Å²) in [6.07, 6.45) is 1.31. The van der Waals surface area contributed by atoms with Gasteiger partial charge in [-0.05, 0) is 6.42 Å². The molecule has 1 saturated heterocycles. The maximum atomic E-state index is 10.9. The molecule has 0 spiro atoms. The number of carbonyl (C=O) groups is 2. The van der Waals surface area contributed by atoms with E-state index in [1.54, 1.807) is 5.38 Å². The van der Waals surface area contributed by atoms with Crippen LogP contribution in [0.1, 0.15) is 22.5 Å². The van der Waals surface area contributed by atoms with Crippen LogP contribution in [0.3, 0.4) is 0 Å². The molecule has 2 rings (SSSR count). The zero-order chi connectivity index (χ0) is 11.5. The minimum atomic E-state index is -0.950. The normalized spacial score (nSPS) is 19.5. The minimum Gasteiger partial charge on any atom is -0.491 e. The van der Waals surface area contributed by atoms with E-state index in [1.165, 1.54) is 6.07 Å². The van der Waals surface area contributed by atoms with Crippen molar-refractivity contribution >= 4 is 23.2 Å². The molecular formula is C10H11NO4S. The number of nitrogens with one attached hydrogen (secondary N) is 1. The van der Waals surface area contributed by atoms with Crippen molar-refractivity contribution in [1.29, 1.82) is 0 Å². The van der Waals surface area contributed by atoms with E-state index in [0.29, 0.717) is 18.8 Å². The SMILES string of the molecule is O=C1CCC(COc2csc(C(=O)O)c2)N1. The van der Waals surface area contributed by atoms with E-state index >= 15 is 0 Å². The van der Waals surface area contributed by atoms with Crippen molar-refractivity contribution in [2.75, 3.05) is 6.61 Å². The fourth-order valence-corrected chi connectivity index (χ4v) is 2.17. The number of carboxylic acids is 1. The summed E-state index contributed by atoms with van der Waals surface area (Å²) < 4.78 is 5.40. The van der Waals surface area contributed by atoms with Crippen molar-refractivity contribution in [2.24, 2.45) is 0 Å². The highest BCUT2D eigenvalue weighted by Crippen LogP contribution is 2.22. The van der Waals surface area contributed by atoms with E-state index < -0.39 is 5.97 Å². The topological polar surface area (TPSA) is 75.6 Å². The summed E-state index contributed by atoms with van der Waals surface area (Å²) in [5.74, 6) is -0.359. The van der Waals surface area contributed by atoms with Gasteiger partial charge >= 0.3 is 5.97 Å². The number of ether oxygens (including phenoxy) is 1. The smallest absolute Gasteiger partial charge is 0.346 e. The van der Waals surface area contributed by atoms with Crippen molar-refractivity contribution in [2.45, 2.75) is 18.9 Å². The first-order chi connectivity index (χ1) is 7.65. The Hall–Kier alpha value is -1.56. The Bertz CT molecular complexity index is 415. The van der Waals surface area contributed by atoms with E-state index in [1.807, 2.05) is 0 Å². The molecule has 0 bridgehead atoms. The van der Waals surface area contributed by atoms with Crippen LogP contribution < -0.4 is 10.1 Å². The average molecular weight is 241 g/mol. The second-order valence-electron chi connectivity index (χ2n) is 3.57. The van der Waals surface area contributed by atoms with Crippen molar-refractivity contribution in [3.05, 3.63) is 16.3 Å². The second-order valence-corrected chi connectivity index (χ2v) is 4.48. The zero-order valence-corrected chi connectivity index (χ0v) is 9.25. The molecule has 1 atom stereocenters. The van der Waals surface area contributed by atoms with Gasteiger partial charge in [0.05, 0.1) is 6.04 Å². The third-order valence-electron chi connectivity index (χ3n) is 2.32. The first-order valence-corrected chi connectivity index (χ1v) is 5.77. The maximum Gasteiger partial charge on any atom is 0.346 e. The molecule has 1 aliphatic heterocycles. The highest BCUT2D eigenvalue weighted by atomic mass is 32.1. The largest absolute Gasteiger partial charge is 0.491 e. The summed E-state index contributed by atoms with van der Waals surface area (Å²) in [4.78, 5) is 21.8. The lowest BCUT2D eigenvalue weighted by Gasteiger charge is -2.10. The lowest BCUT2D eigenvalue weighted by Crippen LogP contribution is -2.30. The maximum absolute atomic E-state index is 10.9. The number of hydrogen-bond acceptors (Lipinski definition) is 4. The molecule has 16 heavy (non-hydrogen) atoms. The monoisotopic (exact) mass is 241 g/mol. The van der Waals surface area contributed by atoms with Crippen LogP contribution in [0.15, 0.2) is 11.4 Å². The van der Waals surface area contributed by atoms with Gasteiger partial charge in [-0.15, -0.1) is 11.3 Å². The summed E-state index contributed by atoms with van der Waals surface area (Å²) >= 11 is 1.13. The minimum absolute atomic E-state index is 0.0423. The highest BCUT2D eigenvalue weighted by molar-refractivity contribution is 7.12. The Labute approximate surface area is 96.0 Å². The van der Waals surface area contributed by atoms with Crippen LogP contribution in [-0.2, 0) is 4.79 Å². The third kappa shape index (κ3) is 2.52. The predicted octanol–water partition coefficient (Wildman–Crippen LogP) is 1.10. The van der Waals surface area contributed by atoms with Crippen LogP contribution in [0.4, 0.5) is 0 Å². The Morgan fingerprint density at radius 2 is 2.50 bits per heavy atom. The van der Waals surface area contributed by atoms with Crippen molar-refractivity contribution < 1.29 is 19.4 Å². The number of hydrogen-bond donors (Lipinski definition) is 2. The quantitative estimate of drug-likeness (QED) is 0.827. The first kappa shape index (κ1) is 10.9. The van der Waals surface area contributed by atoms with E-state index in [-0.39, 0.29) is 16.8 Å². The van der Waals surface area contributed by atoms with Gasteiger partial charge in [0.15, 0.2) is 0 Å². The molecule has 1 aromatic heterocycles. The summed E-state index contributed by atoms with van der Waals surface area (Å²) in [6.45, 7) is 0.390. The molecule has 2 N–H and O–H groups in total. The van der Waals surface area contributed by atoms with Gasteiger partial charge in [0.25, 0.3) is 0 Å². The van der Waals surface area contributed by atoms with Crippen molar-refractivity contribution in [1.82, 2.24) is 5.32 Å². The fourth-order valence-electron chi connectivity index (χ4n) is 1.51. The molecule has 0 aromatic carbocycles. The fraction of sp³-hybridized carbons (Fsp3) is 0.400. The predicted molar refractivity (Wildman–Crippen MR) is 57.9 cm³/mol. The number of carboxylic acid groups (broad SMARTS) is 1. The number of aromatic carboxylic acids is 1. The third-order valence-corrected chi connectivity index (χ3v) is 3.22. The molecule has 1 unspecified atom stereocenters. The molecule has 2 heterocycles. The van der Waals surface area contributed by atoms with Crippen LogP contribution in [0.25, 0.3) is 0 Å². The molecular weight excluding hydrogens is 230 g/mol. The lowest BCUT2D eigenvalue weighted by molar-refractivity contribution is -0.119. The van der Waals surface area contributed by atoms with Crippen LogP contribution in [0.2, 0.25) is 0 Å². The van der Waals surface area contributed by atoms with Crippen LogP contribution in [-0.4, -0.2) is 29.6 Å². The lowest BCUT2D eigenvalue weighted by atomic mass is 10.2. The molecule has 5 nitrogen and oxygen atoms in total. The van der Waals surface area contributed by atoms with Gasteiger partial charge < -0.3 is 15.2 Å². The molecule has 0 saturated carbocycles. The molecule has 1 fully saturated rings. The highest BCUT2D eigenvalue weighted by Gasteiger charge is 2.21. The number of rotatable bonds is 4. The summed E-state index contributed by atoms with van der Waals surface area (Å²) in [7, 11) is 0. The van der Waals surface area contributed by atoms with Crippen LogP contribution in [0, 0.1) is 0 Å². The molecule has 86 valence electrons. The molecule has 6 heteroatoms. The summed E-state index contributed by atoms with van der Waals surface area (Å²) in [5.41, 5.74) is 0. The molecule has 1 amide bonds. The summed E-state index contributed by atoms with van der Waals surface area (Å²) in [6, 6.07) is 1.53. The van der Waals surface area contributed by atoms with Gasteiger partial charge in [0.1, 0.15) is 17.2 Å². The van der Waals surface area contributed by atoms with E-state index in [0.717, 1.165) is 17.8 Å². The van der Waals surface area contributed by atoms with Crippen molar-refractivity contribution in [3.63, 3.8) is 0 Å². The van der Waals surface area contributed by atoms with E-state index in [4.69, 9.17) is 9.84 Å². The number of amides is 1. The zero-order valence-electron chi connectivity index (χ0n) is 8.43. The van der Waals surface area contributed by atoms with E-state index in [9.17, 15) is 9.59 Å². The van der Waals surface area contributed by atoms with Crippen LogP contribution >= 0.6 is 11.3 Å². The van der Waals surface area contributed by atoms with Gasteiger partial charge in [0, 0.05) is 17.9 Å². The molecule has 1 aromatic rings. The average Bonchev–Trinajstić information content (AvgIpc) is 2.83. The van der Waals surface area contributed by atoms with Gasteiger partial charge in [-0.25, -0.2) is 4.79 Å². The Morgan fingerprint density at radius 3 is 3.06 bits per heavy atom. The molecule has 0 radical (unpaired) electrons. The van der Waals surface area contributed by atoms with Gasteiger partial charge in [0.2, 0.25) is 5.91 Å². The number of thiophene rings is 1. The van der Waals surface area contributed by atoms with E-state index in [2.05, 4.69) is 5.32 Å². The number of carbonyl (C=O) groups excluding carboxylic acids is 1. The standard InChI is InChI=1S/C10H11NO4S/c12-9-2-1-6(11-9)4-15-7-3-8(10(13)14)16-5-7/h3,5-6H,1-2,4H2,(H,11,12)(H,13,14). The second kappa shape index (κ2) is 4.52. The van der Waals surface area contributed by atoms with Gasteiger partial charge in [-0.1, -0.05) is 0 Å². The Balaban J connectivity index is 1.85. The molecule has 1 aliphatic rings. The Morgan fingerprint density at radius 1 is 1.69 bits per heavy atom. The van der Waals surface area contributed by atoms with Crippen molar-refractivity contribution in [3.8, 4) is 5.75 Å². The van der Waals surface area contributed by atoms with Gasteiger partial charge in [-0.3, -0.25) is 4.79 Å². The van der Waals surface area contributed by atoms with Crippen LogP contribution in [0.5, 0.6) is 5.75 Å².